The Kier molecular flexibility index (Phi) is 11.2. The maximum Gasteiger partial charge on any atom is 0.516 e. The molecular weight excluding hydrogens is 507 g/mol. The van der Waals surface area contributed by atoms with Gasteiger partial charge >= 0.3 is 15.5 Å². The van der Waals surface area contributed by atoms with Crippen molar-refractivity contribution in [2.75, 3.05) is 0 Å². The summed E-state index contributed by atoms with van der Waals surface area (Å²) in [6.45, 7) is 2.04. The molecule has 0 radical (unpaired) electrons. The average Bonchev–Trinajstić information content (AvgIpc) is 3.27. The van der Waals surface area contributed by atoms with Crippen molar-refractivity contribution >= 4 is 27.3 Å². The van der Waals surface area contributed by atoms with E-state index in [-0.39, 0.29) is 31.1 Å². The van der Waals surface area contributed by atoms with E-state index in [1.54, 1.807) is 23.5 Å². The summed E-state index contributed by atoms with van der Waals surface area (Å²) in [5.74, 6) is -1.68. The highest BCUT2D eigenvalue weighted by atomic mass is 32.2. The molecule has 0 aliphatic heterocycles. The number of halogens is 3. The number of aryl methyl sites for hydroxylation is 2. The van der Waals surface area contributed by atoms with Crippen molar-refractivity contribution in [3.05, 3.63) is 34.0 Å². The lowest BCUT2D eigenvalue weighted by molar-refractivity contribution is -0.120. The first-order chi connectivity index (χ1) is 16.3. The minimum absolute atomic E-state index is 0.187. The summed E-state index contributed by atoms with van der Waals surface area (Å²) in [5, 5.41) is 33.0. The molecule has 1 aliphatic rings. The molecule has 1 fully saturated rings. The number of sulfonamides is 1. The summed E-state index contributed by atoms with van der Waals surface area (Å²) in [6, 6.07) is 2.04. The van der Waals surface area contributed by atoms with Gasteiger partial charge in [0.25, 0.3) is 0 Å². The number of aliphatic hydroxyl groups is 3. The molecule has 1 saturated carbocycles. The highest BCUT2D eigenvalue weighted by Crippen LogP contribution is 2.37. The van der Waals surface area contributed by atoms with Crippen LogP contribution in [0.1, 0.15) is 61.8 Å². The van der Waals surface area contributed by atoms with Crippen LogP contribution in [0, 0.1) is 18.8 Å². The summed E-state index contributed by atoms with van der Waals surface area (Å²) in [5.41, 5.74) is -4.32. The molecule has 1 aromatic rings. The van der Waals surface area contributed by atoms with Gasteiger partial charge in [-0.25, -0.2) is 4.72 Å². The Labute approximate surface area is 208 Å². The molecule has 1 amide bonds. The van der Waals surface area contributed by atoms with Crippen molar-refractivity contribution in [1.29, 1.82) is 0 Å². The second-order valence-corrected chi connectivity index (χ2v) is 11.8. The number of hydrogen-bond donors (Lipinski definition) is 4. The van der Waals surface area contributed by atoms with Crippen LogP contribution < -0.4 is 4.72 Å². The van der Waals surface area contributed by atoms with Crippen molar-refractivity contribution in [1.82, 2.24) is 4.72 Å². The topological polar surface area (TPSA) is 124 Å². The molecule has 0 unspecified atom stereocenters. The third-order valence-electron chi connectivity index (χ3n) is 6.39. The third kappa shape index (κ3) is 9.16. The first kappa shape index (κ1) is 29.8. The van der Waals surface area contributed by atoms with Gasteiger partial charge in [-0.1, -0.05) is 31.4 Å². The largest absolute Gasteiger partial charge is 0.516 e. The molecule has 5 atom stereocenters. The van der Waals surface area contributed by atoms with Crippen molar-refractivity contribution in [2.24, 2.45) is 11.8 Å². The lowest BCUT2D eigenvalue weighted by Gasteiger charge is -2.21. The smallest absolute Gasteiger partial charge is 0.393 e. The van der Waals surface area contributed by atoms with Crippen LogP contribution >= 0.6 is 11.3 Å². The minimum atomic E-state index is -5.68. The Bertz CT molecular complexity index is 947. The SMILES string of the molecule is Cc1sccc1CC[C@@H](O)/C=C/[C@H]1[C@H](CCCCCCC(=O)NS(=O)(=O)C(F)(F)F)[C@H](O)C[C@@H]1O. The monoisotopic (exact) mass is 541 g/mol. The number of nitrogens with one attached hydrogen (secondary N) is 1. The number of unbranched alkanes of at least 4 members (excludes halogenated alkanes) is 3. The Hall–Kier alpha value is -1.47. The molecule has 0 aromatic carbocycles. The van der Waals surface area contributed by atoms with Crippen LogP contribution in [0.25, 0.3) is 0 Å². The zero-order chi connectivity index (χ0) is 26.2. The zero-order valence-electron chi connectivity index (χ0n) is 19.6. The van der Waals surface area contributed by atoms with Gasteiger partial charge in [-0.05, 0) is 55.5 Å². The number of alkyl halides is 3. The van der Waals surface area contributed by atoms with Gasteiger partial charge in [0.05, 0.1) is 18.3 Å². The van der Waals surface area contributed by atoms with E-state index in [9.17, 15) is 41.7 Å². The van der Waals surface area contributed by atoms with E-state index in [0.29, 0.717) is 32.1 Å². The highest BCUT2D eigenvalue weighted by molar-refractivity contribution is 7.90. The van der Waals surface area contributed by atoms with E-state index < -0.39 is 39.8 Å². The molecule has 1 heterocycles. The van der Waals surface area contributed by atoms with Gasteiger partial charge in [0.2, 0.25) is 5.91 Å². The van der Waals surface area contributed by atoms with Crippen molar-refractivity contribution in [3.63, 3.8) is 0 Å². The second kappa shape index (κ2) is 13.2. The van der Waals surface area contributed by atoms with Crippen molar-refractivity contribution in [2.45, 2.75) is 88.5 Å². The number of amides is 1. The van der Waals surface area contributed by atoms with Gasteiger partial charge in [-0.3, -0.25) is 4.79 Å². The molecule has 0 spiro atoms. The van der Waals surface area contributed by atoms with Gasteiger partial charge in [-0.2, -0.15) is 21.6 Å². The number of rotatable bonds is 13. The molecule has 12 heteroatoms. The second-order valence-electron chi connectivity index (χ2n) is 9.03. The molecule has 0 saturated heterocycles. The predicted octanol–water partition coefficient (Wildman–Crippen LogP) is 3.57. The Morgan fingerprint density at radius 3 is 2.54 bits per heavy atom. The first-order valence-electron chi connectivity index (χ1n) is 11.7. The molecule has 1 aromatic heterocycles. The van der Waals surface area contributed by atoms with Crippen molar-refractivity contribution < 1.29 is 41.7 Å². The van der Waals surface area contributed by atoms with Gasteiger partial charge < -0.3 is 15.3 Å². The Morgan fingerprint density at radius 2 is 1.91 bits per heavy atom. The van der Waals surface area contributed by atoms with Crippen LogP contribution in [-0.2, 0) is 21.2 Å². The summed E-state index contributed by atoms with van der Waals surface area (Å²) in [4.78, 5) is 12.7. The fraction of sp³-hybridized carbons (Fsp3) is 0.696. The fourth-order valence-electron chi connectivity index (χ4n) is 4.38. The number of aliphatic hydroxyl groups excluding tert-OH is 3. The summed E-state index contributed by atoms with van der Waals surface area (Å²) >= 11 is 1.66. The number of hydrogen-bond acceptors (Lipinski definition) is 7. The normalized spacial score (nSPS) is 24.2. The molecule has 0 bridgehead atoms. The van der Waals surface area contributed by atoms with Crippen molar-refractivity contribution in [3.8, 4) is 0 Å². The van der Waals surface area contributed by atoms with E-state index in [0.717, 1.165) is 11.1 Å². The van der Waals surface area contributed by atoms with Crippen LogP contribution in [0.4, 0.5) is 13.2 Å². The maximum atomic E-state index is 12.3. The van der Waals surface area contributed by atoms with Gasteiger partial charge in [0.1, 0.15) is 0 Å². The van der Waals surface area contributed by atoms with Gasteiger partial charge in [0.15, 0.2) is 0 Å². The number of carbonyl (C=O) groups excluding carboxylic acids is 1. The predicted molar refractivity (Wildman–Crippen MR) is 127 cm³/mol. The minimum Gasteiger partial charge on any atom is -0.393 e. The Balaban J connectivity index is 1.72. The summed E-state index contributed by atoms with van der Waals surface area (Å²) < 4.78 is 59.6. The molecule has 4 N–H and O–H groups in total. The number of thiophene rings is 1. The highest BCUT2D eigenvalue weighted by Gasteiger charge is 2.46. The van der Waals surface area contributed by atoms with E-state index in [1.807, 2.05) is 18.4 Å². The molecular formula is C23H34F3NO6S2. The lowest BCUT2D eigenvalue weighted by Crippen LogP contribution is -2.40. The molecule has 200 valence electrons. The summed E-state index contributed by atoms with van der Waals surface area (Å²) in [6.07, 6.45) is 5.27. The molecule has 1 aliphatic carbocycles. The maximum absolute atomic E-state index is 12.3. The molecule has 2 rings (SSSR count). The van der Waals surface area contributed by atoms with Crippen LogP contribution in [0.2, 0.25) is 0 Å². The van der Waals surface area contributed by atoms with Crippen LogP contribution in [0.5, 0.6) is 0 Å². The molecule has 35 heavy (non-hydrogen) atoms. The fourth-order valence-corrected chi connectivity index (χ4v) is 5.66. The van der Waals surface area contributed by atoms with E-state index >= 15 is 0 Å². The van der Waals surface area contributed by atoms with Gasteiger partial charge in [0, 0.05) is 23.6 Å². The lowest BCUT2D eigenvalue weighted by atomic mass is 9.87. The van der Waals surface area contributed by atoms with Crippen LogP contribution in [0.15, 0.2) is 23.6 Å². The van der Waals surface area contributed by atoms with Gasteiger partial charge in [-0.15, -0.1) is 11.3 Å². The molecule has 7 nitrogen and oxygen atoms in total. The van der Waals surface area contributed by atoms with E-state index in [2.05, 4.69) is 0 Å². The van der Waals surface area contributed by atoms with Crippen LogP contribution in [0.3, 0.4) is 0 Å². The standard InChI is InChI=1S/C23H34F3NO6S2/c1-15-16(12-13-34-15)8-9-17(28)10-11-19-18(20(29)14-21(19)30)6-4-2-3-5-7-22(31)27-35(32,33)23(24,25)26/h10-13,17-21,28-30H,2-9,14H2,1H3,(H,27,31)/b11-10+/t17-,18+,19+,20-,21+/m1/s1. The van der Waals surface area contributed by atoms with E-state index in [4.69, 9.17) is 0 Å². The quantitative estimate of drug-likeness (QED) is 0.224. The average molecular weight is 542 g/mol. The Morgan fingerprint density at radius 1 is 1.23 bits per heavy atom. The van der Waals surface area contributed by atoms with E-state index in [1.165, 1.54) is 10.4 Å². The third-order valence-corrected chi connectivity index (χ3v) is 8.39. The summed E-state index contributed by atoms with van der Waals surface area (Å²) in [7, 11) is -5.68. The first-order valence-corrected chi connectivity index (χ1v) is 14.1. The van der Waals surface area contributed by atoms with Crippen LogP contribution in [-0.4, -0.2) is 53.5 Å². The zero-order valence-corrected chi connectivity index (χ0v) is 21.2. The number of carbonyl (C=O) groups is 1.